The predicted molar refractivity (Wildman–Crippen MR) is 79.5 cm³/mol. The highest BCUT2D eigenvalue weighted by Crippen LogP contribution is 2.30. The average molecular weight is 261 g/mol. The van der Waals surface area contributed by atoms with E-state index in [2.05, 4.69) is 48.5 Å². The zero-order valence-electron chi connectivity index (χ0n) is 11.2. The molecule has 4 rings (SSSR count). The van der Waals surface area contributed by atoms with Gasteiger partial charge in [-0.2, -0.15) is 0 Å². The van der Waals surface area contributed by atoms with E-state index in [9.17, 15) is 0 Å². The lowest BCUT2D eigenvalue weighted by Crippen LogP contribution is -2.00. The number of hydrogen-bond donors (Lipinski definition) is 0. The molecule has 1 aromatic heterocycles. The van der Waals surface area contributed by atoms with E-state index in [1.165, 1.54) is 22.1 Å². The van der Waals surface area contributed by atoms with Crippen molar-refractivity contribution in [1.82, 2.24) is 4.98 Å². The number of ether oxygens (including phenoxy) is 1. The van der Waals surface area contributed by atoms with Gasteiger partial charge in [0.25, 0.3) is 0 Å². The van der Waals surface area contributed by atoms with Crippen LogP contribution >= 0.6 is 0 Å². The van der Waals surface area contributed by atoms with Crippen LogP contribution < -0.4 is 0 Å². The van der Waals surface area contributed by atoms with Crippen molar-refractivity contribution in [3.05, 3.63) is 77.0 Å². The molecule has 0 aliphatic carbocycles. The Labute approximate surface area is 118 Å². The molecular formula is C18H15NO. The molecule has 2 nitrogen and oxygen atoms in total. The third-order valence-electron chi connectivity index (χ3n) is 3.91. The molecule has 2 heteroatoms. The Hall–Kier alpha value is -2.19. The minimum Gasteiger partial charge on any atom is -0.370 e. The van der Waals surface area contributed by atoms with Crippen molar-refractivity contribution >= 4 is 10.9 Å². The van der Waals surface area contributed by atoms with Crippen molar-refractivity contribution < 1.29 is 4.74 Å². The summed E-state index contributed by atoms with van der Waals surface area (Å²) in [6.45, 7) is 1.33. The molecule has 2 aromatic carbocycles. The Balaban J connectivity index is 1.92. The molecule has 98 valence electrons. The average Bonchev–Trinajstić information content (AvgIpc) is 2.96. The molecular weight excluding hydrogens is 246 g/mol. The van der Waals surface area contributed by atoms with Crippen LogP contribution in [0, 0.1) is 0 Å². The number of aromatic nitrogens is 1. The van der Waals surface area contributed by atoms with Crippen molar-refractivity contribution in [1.29, 1.82) is 0 Å². The first-order valence-electron chi connectivity index (χ1n) is 6.93. The van der Waals surface area contributed by atoms with Gasteiger partial charge in [0.1, 0.15) is 0 Å². The number of pyridine rings is 1. The Morgan fingerprint density at radius 3 is 2.60 bits per heavy atom. The number of benzene rings is 2. The SMILES string of the molecule is c1ccc(Cc2c3c(nc4ccccc24)COC3)cc1. The van der Waals surface area contributed by atoms with Crippen LogP contribution in [-0.4, -0.2) is 4.98 Å². The molecule has 2 heterocycles. The lowest BCUT2D eigenvalue weighted by molar-refractivity contribution is 0.133. The van der Waals surface area contributed by atoms with Crippen molar-refractivity contribution in [2.45, 2.75) is 19.6 Å². The molecule has 0 saturated heterocycles. The topological polar surface area (TPSA) is 22.1 Å². The van der Waals surface area contributed by atoms with E-state index < -0.39 is 0 Å². The van der Waals surface area contributed by atoms with Gasteiger partial charge in [-0.1, -0.05) is 48.5 Å². The summed E-state index contributed by atoms with van der Waals surface area (Å²) in [4.78, 5) is 4.73. The van der Waals surface area contributed by atoms with E-state index in [1.54, 1.807) is 0 Å². The van der Waals surface area contributed by atoms with Crippen LogP contribution in [0.25, 0.3) is 10.9 Å². The fourth-order valence-electron chi connectivity index (χ4n) is 2.92. The zero-order chi connectivity index (χ0) is 13.4. The Morgan fingerprint density at radius 1 is 0.900 bits per heavy atom. The number of fused-ring (bicyclic) bond motifs is 2. The minimum atomic E-state index is 0.641. The van der Waals surface area contributed by atoms with Gasteiger partial charge in [-0.05, 0) is 23.6 Å². The van der Waals surface area contributed by atoms with Crippen LogP contribution in [-0.2, 0) is 24.4 Å². The summed E-state index contributed by atoms with van der Waals surface area (Å²) in [5, 5.41) is 1.25. The van der Waals surface area contributed by atoms with E-state index in [-0.39, 0.29) is 0 Å². The molecule has 0 saturated carbocycles. The van der Waals surface area contributed by atoms with Crippen LogP contribution in [0.5, 0.6) is 0 Å². The Kier molecular flexibility index (Phi) is 2.75. The second kappa shape index (κ2) is 4.73. The van der Waals surface area contributed by atoms with Gasteiger partial charge in [-0.15, -0.1) is 0 Å². The largest absolute Gasteiger partial charge is 0.370 e. The van der Waals surface area contributed by atoms with Crippen molar-refractivity contribution in [2.75, 3.05) is 0 Å². The number of rotatable bonds is 2. The smallest absolute Gasteiger partial charge is 0.0896 e. The molecule has 0 N–H and O–H groups in total. The van der Waals surface area contributed by atoms with Gasteiger partial charge in [0, 0.05) is 10.9 Å². The fourth-order valence-corrected chi connectivity index (χ4v) is 2.92. The monoisotopic (exact) mass is 261 g/mol. The second-order valence-electron chi connectivity index (χ2n) is 5.19. The first-order chi connectivity index (χ1) is 9.92. The zero-order valence-corrected chi connectivity index (χ0v) is 11.2. The van der Waals surface area contributed by atoms with Crippen molar-refractivity contribution in [2.24, 2.45) is 0 Å². The van der Waals surface area contributed by atoms with Gasteiger partial charge in [0.2, 0.25) is 0 Å². The molecule has 20 heavy (non-hydrogen) atoms. The molecule has 1 aliphatic heterocycles. The van der Waals surface area contributed by atoms with Gasteiger partial charge < -0.3 is 4.74 Å². The summed E-state index contributed by atoms with van der Waals surface area (Å²) in [7, 11) is 0. The molecule has 0 unspecified atom stereocenters. The number of para-hydroxylation sites is 1. The molecule has 0 bridgehead atoms. The van der Waals surface area contributed by atoms with E-state index in [0.717, 1.165) is 17.6 Å². The van der Waals surface area contributed by atoms with Crippen LogP contribution in [0.1, 0.15) is 22.4 Å². The van der Waals surface area contributed by atoms with Crippen LogP contribution in [0.2, 0.25) is 0 Å². The fraction of sp³-hybridized carbons (Fsp3) is 0.167. The summed E-state index contributed by atoms with van der Waals surface area (Å²) < 4.78 is 5.60. The van der Waals surface area contributed by atoms with Crippen LogP contribution in [0.15, 0.2) is 54.6 Å². The molecule has 0 atom stereocenters. The summed E-state index contributed by atoms with van der Waals surface area (Å²) in [5.41, 5.74) is 6.16. The third-order valence-corrected chi connectivity index (χ3v) is 3.91. The maximum atomic E-state index is 5.60. The van der Waals surface area contributed by atoms with Gasteiger partial charge >= 0.3 is 0 Å². The molecule has 0 fully saturated rings. The maximum absolute atomic E-state index is 5.60. The minimum absolute atomic E-state index is 0.641. The van der Waals surface area contributed by atoms with Gasteiger partial charge in [0.15, 0.2) is 0 Å². The van der Waals surface area contributed by atoms with Crippen molar-refractivity contribution in [3.63, 3.8) is 0 Å². The first kappa shape index (κ1) is 11.6. The Bertz CT molecular complexity index is 765. The molecule has 0 spiro atoms. The summed E-state index contributed by atoms with van der Waals surface area (Å²) in [6.07, 6.45) is 0.940. The maximum Gasteiger partial charge on any atom is 0.0896 e. The predicted octanol–water partition coefficient (Wildman–Crippen LogP) is 3.86. The Morgan fingerprint density at radius 2 is 1.70 bits per heavy atom. The first-order valence-corrected chi connectivity index (χ1v) is 6.93. The lowest BCUT2D eigenvalue weighted by Gasteiger charge is -2.11. The lowest BCUT2D eigenvalue weighted by atomic mass is 9.95. The highest BCUT2D eigenvalue weighted by atomic mass is 16.5. The number of hydrogen-bond acceptors (Lipinski definition) is 2. The van der Waals surface area contributed by atoms with Crippen LogP contribution in [0.3, 0.4) is 0 Å². The van der Waals surface area contributed by atoms with E-state index in [4.69, 9.17) is 9.72 Å². The van der Waals surface area contributed by atoms with Crippen LogP contribution in [0.4, 0.5) is 0 Å². The quantitative estimate of drug-likeness (QED) is 0.699. The summed E-state index contributed by atoms with van der Waals surface area (Å²) in [6, 6.07) is 19.0. The molecule has 0 amide bonds. The highest BCUT2D eigenvalue weighted by Gasteiger charge is 2.19. The van der Waals surface area contributed by atoms with E-state index >= 15 is 0 Å². The second-order valence-corrected chi connectivity index (χ2v) is 5.19. The van der Waals surface area contributed by atoms with Gasteiger partial charge in [-0.25, -0.2) is 4.98 Å². The van der Waals surface area contributed by atoms with Crippen molar-refractivity contribution in [3.8, 4) is 0 Å². The van der Waals surface area contributed by atoms with E-state index in [0.29, 0.717) is 13.2 Å². The molecule has 0 radical (unpaired) electrons. The molecule has 1 aliphatic rings. The highest BCUT2D eigenvalue weighted by molar-refractivity contribution is 5.84. The molecule has 3 aromatic rings. The van der Waals surface area contributed by atoms with Gasteiger partial charge in [-0.3, -0.25) is 0 Å². The standard InChI is InChI=1S/C18H15NO/c1-2-6-13(7-3-1)10-15-14-8-4-5-9-17(14)19-18-12-20-11-16(15)18/h1-9H,10-12H2. The number of nitrogens with zero attached hydrogens (tertiary/aromatic N) is 1. The third kappa shape index (κ3) is 1.89. The summed E-state index contributed by atoms with van der Waals surface area (Å²) in [5.74, 6) is 0. The normalized spacial score (nSPS) is 13.6. The van der Waals surface area contributed by atoms with E-state index in [1.807, 2.05) is 6.07 Å². The summed E-state index contributed by atoms with van der Waals surface area (Å²) >= 11 is 0. The van der Waals surface area contributed by atoms with Gasteiger partial charge in [0.05, 0.1) is 24.4 Å².